The van der Waals surface area contributed by atoms with Crippen LogP contribution in [0.1, 0.15) is 187 Å². The molecule has 12 heteroatoms. The number of carbonyl (C=O) groups excluding carboxylic acids is 3. The highest BCUT2D eigenvalue weighted by molar-refractivity contribution is 5.91. The highest BCUT2D eigenvalue weighted by atomic mass is 17.2. The van der Waals surface area contributed by atoms with Crippen LogP contribution in [-0.2, 0) is 38.4 Å². The zero-order valence-corrected chi connectivity index (χ0v) is 62.7. The molecule has 9 fully saturated rings. The lowest BCUT2D eigenvalue weighted by Crippen LogP contribution is -2.50. The third kappa shape index (κ3) is 18.8. The monoisotopic (exact) mass is 1390 g/mol. The zero-order valence-electron chi connectivity index (χ0n) is 62.7. The number of Topliss-reactive ketones (excluding diaryl/α,β-unsaturated/α-hetero) is 1. The zero-order chi connectivity index (χ0) is 69.7. The third-order valence-electron chi connectivity index (χ3n) is 28.9. The summed E-state index contributed by atoms with van der Waals surface area (Å²) in [6, 6.07) is 6.35. The lowest BCUT2D eigenvalue weighted by atomic mass is 9.62. The SMILES string of the molecule is C1=CC2CC1CC2CCCOCC1CC2C=CC1C2.CC1(C)CC(NC(=O)CC2CC3C=CC2C3)CC(C)(CNCOCC2CC3C=CC2C3)C1.Cc1ccc(NC(=O)CC2CC3C=CC2C3)cc1NCOCC1CC2C=CC1C2.O=C(CCOOCC1CC2C=CC1C2)CC1CC2C=CC1C2. The molecule has 1 aromatic carbocycles. The number of hydrogen-bond donors (Lipinski definition) is 4. The molecule has 12 nitrogen and oxygen atoms in total. The number of ketones is 1. The highest BCUT2D eigenvalue weighted by Gasteiger charge is 2.45. The molecule has 0 radical (unpaired) electrons. The van der Waals surface area contributed by atoms with E-state index in [-0.39, 0.29) is 28.7 Å². The molecular weight excluding hydrogens is 1270 g/mol. The van der Waals surface area contributed by atoms with Crippen molar-refractivity contribution in [2.75, 3.05) is 70.3 Å². The molecule has 0 aromatic heterocycles. The first-order valence-electron chi connectivity index (χ1n) is 41.7. The van der Waals surface area contributed by atoms with Crippen molar-refractivity contribution in [1.29, 1.82) is 0 Å². The number of rotatable bonds is 31. The standard InChI is InChI=1S/C28H44N2O2.C25H32N2O2.C19H26O3.C18H26O/c1-27(2)13-25(30-26(31)12-23-10-19-4-6-21(23)8-19)14-28(3,16-27)17-29-18-32-15-24-11-20-5-7-22(24)9-20;1-16-2-7-23(27-25(28)12-21-10-17-3-5-19(21)8-17)13-24(16)26-15-29-14-22-11-18-4-6-20(22)9-18;20-19(11-17-9-13-1-3-15(17)7-13)5-6-21-22-12-18-10-14-2-4-16(18)8-14;1(2-15-8-13-3-5-16(15)9-13)7-19-12-18-11-14-4-6-17(18)10-14/h4-7,19-25,29H,8-18H2,1-3H3,(H,30,31);2-7,13,17-22,26H,8-12,14-15H2,1H3,(H,27,28);1-4,13-18H,5-12H2;3-6,13-18H,1-2,7-12H2. The second-order valence-electron chi connectivity index (χ2n) is 37.6. The average molecular weight is 1390 g/mol. The van der Waals surface area contributed by atoms with Crippen LogP contribution in [0.4, 0.5) is 11.4 Å². The molecule has 556 valence electrons. The van der Waals surface area contributed by atoms with Crippen molar-refractivity contribution < 1.29 is 38.4 Å². The van der Waals surface area contributed by atoms with Crippen molar-refractivity contribution in [2.45, 2.75) is 194 Å². The maximum atomic E-state index is 12.9. The third-order valence-corrected chi connectivity index (χ3v) is 28.9. The van der Waals surface area contributed by atoms with Gasteiger partial charge in [-0.15, -0.1) is 0 Å². The minimum Gasteiger partial charge on any atom is -0.381 e. The minimum absolute atomic E-state index is 0.131. The van der Waals surface area contributed by atoms with Gasteiger partial charge in [-0.2, -0.15) is 0 Å². The number of anilines is 2. The Morgan fingerprint density at radius 1 is 0.441 bits per heavy atom. The van der Waals surface area contributed by atoms with E-state index in [0.717, 1.165) is 152 Å². The van der Waals surface area contributed by atoms with E-state index in [1.54, 1.807) is 0 Å². The summed E-state index contributed by atoms with van der Waals surface area (Å²) in [5.74, 6) is 18.5. The molecule has 0 saturated heterocycles. The summed E-state index contributed by atoms with van der Waals surface area (Å²) in [7, 11) is 0. The second kappa shape index (κ2) is 33.2. The topological polar surface area (TPSA) is 145 Å². The molecule has 9 saturated carbocycles. The lowest BCUT2D eigenvalue weighted by Gasteiger charge is -2.47. The van der Waals surface area contributed by atoms with Crippen LogP contribution in [0.25, 0.3) is 0 Å². The van der Waals surface area contributed by atoms with Gasteiger partial charge in [0.05, 0.1) is 33.2 Å². The fraction of sp³-hybridized carbons (Fsp3) is 0.722. The van der Waals surface area contributed by atoms with Crippen LogP contribution in [0.3, 0.4) is 0 Å². The van der Waals surface area contributed by atoms with E-state index in [9.17, 15) is 14.4 Å². The van der Waals surface area contributed by atoms with E-state index in [2.05, 4.69) is 152 Å². The van der Waals surface area contributed by atoms with Crippen molar-refractivity contribution in [2.24, 2.45) is 153 Å². The molecule has 4 N–H and O–H groups in total. The van der Waals surface area contributed by atoms with E-state index < -0.39 is 0 Å². The molecule has 0 aliphatic heterocycles. The summed E-state index contributed by atoms with van der Waals surface area (Å²) in [5, 5.41) is 13.5. The molecule has 0 spiro atoms. The quantitative estimate of drug-likeness (QED) is 0.0186. The van der Waals surface area contributed by atoms with Crippen molar-refractivity contribution in [3.63, 3.8) is 0 Å². The molecule has 102 heavy (non-hydrogen) atoms. The van der Waals surface area contributed by atoms with Gasteiger partial charge in [0.1, 0.15) is 12.5 Å². The van der Waals surface area contributed by atoms with Gasteiger partial charge < -0.3 is 30.2 Å². The molecule has 26 unspecified atom stereocenters. The molecule has 16 bridgehead atoms. The van der Waals surface area contributed by atoms with Gasteiger partial charge in [0, 0.05) is 62.9 Å². The average Bonchev–Trinajstić information content (AvgIpc) is 1.46. The molecule has 0 heterocycles. The van der Waals surface area contributed by atoms with E-state index in [0.29, 0.717) is 111 Å². The smallest absolute Gasteiger partial charge is 0.224 e. The van der Waals surface area contributed by atoms with E-state index in [4.69, 9.17) is 24.0 Å². The number of amides is 2. The van der Waals surface area contributed by atoms with Gasteiger partial charge in [0.25, 0.3) is 0 Å². The van der Waals surface area contributed by atoms with Crippen LogP contribution in [0, 0.1) is 160 Å². The van der Waals surface area contributed by atoms with Crippen molar-refractivity contribution in [1.82, 2.24) is 10.6 Å². The van der Waals surface area contributed by atoms with Gasteiger partial charge >= 0.3 is 0 Å². The van der Waals surface area contributed by atoms with E-state index >= 15 is 0 Å². The molecule has 18 rings (SSSR count). The fourth-order valence-corrected chi connectivity index (χ4v) is 24.1. The van der Waals surface area contributed by atoms with Crippen molar-refractivity contribution in [3.05, 3.63) is 121 Å². The van der Waals surface area contributed by atoms with Crippen molar-refractivity contribution in [3.8, 4) is 0 Å². The Labute approximate surface area is 613 Å². The van der Waals surface area contributed by atoms with Gasteiger partial charge in [-0.05, 0) is 312 Å². The summed E-state index contributed by atoms with van der Waals surface area (Å²) in [6.07, 6.45) is 67.4. The molecule has 17 aliphatic rings. The number of benzene rings is 1. The van der Waals surface area contributed by atoms with E-state index in [1.165, 1.54) is 122 Å². The lowest BCUT2D eigenvalue weighted by molar-refractivity contribution is -0.301. The fourth-order valence-electron chi connectivity index (χ4n) is 24.1. The molecular formula is C90H128N4O8. The Bertz CT molecular complexity index is 3250. The van der Waals surface area contributed by atoms with Crippen LogP contribution >= 0.6 is 0 Å². The molecule has 2 amide bonds. The maximum Gasteiger partial charge on any atom is 0.224 e. The molecule has 1 aromatic rings. The number of hydrogen-bond acceptors (Lipinski definition) is 10. The van der Waals surface area contributed by atoms with Crippen LogP contribution in [0.2, 0.25) is 0 Å². The minimum atomic E-state index is 0.131. The van der Waals surface area contributed by atoms with Gasteiger partial charge in [-0.25, -0.2) is 9.78 Å². The van der Waals surface area contributed by atoms with Gasteiger partial charge in [-0.3, -0.25) is 19.7 Å². The summed E-state index contributed by atoms with van der Waals surface area (Å²) in [4.78, 5) is 48.0. The Morgan fingerprint density at radius 2 is 0.873 bits per heavy atom. The summed E-state index contributed by atoms with van der Waals surface area (Å²) < 4.78 is 17.9. The first kappa shape index (κ1) is 72.9. The van der Waals surface area contributed by atoms with Crippen LogP contribution in [-0.4, -0.2) is 83.3 Å². The largest absolute Gasteiger partial charge is 0.381 e. The molecule has 17 aliphatic carbocycles. The van der Waals surface area contributed by atoms with Gasteiger partial charge in [-0.1, -0.05) is 124 Å². The van der Waals surface area contributed by atoms with E-state index in [1.807, 2.05) is 12.1 Å². The van der Waals surface area contributed by atoms with Gasteiger partial charge in [0.15, 0.2) is 0 Å². The number of allylic oxidation sites excluding steroid dienone is 16. The number of fused-ring (bicyclic) bond motifs is 16. The Kier molecular flexibility index (Phi) is 23.7. The predicted octanol–water partition coefficient (Wildman–Crippen LogP) is 18.1. The summed E-state index contributed by atoms with van der Waals surface area (Å²) >= 11 is 0. The predicted molar refractivity (Wildman–Crippen MR) is 407 cm³/mol. The van der Waals surface area contributed by atoms with Crippen LogP contribution in [0.5, 0.6) is 0 Å². The summed E-state index contributed by atoms with van der Waals surface area (Å²) in [6.45, 7) is 16.1. The Balaban J connectivity index is 0.000000112. The van der Waals surface area contributed by atoms with Gasteiger partial charge in [0.2, 0.25) is 11.8 Å². The number of ether oxygens (including phenoxy) is 3. The summed E-state index contributed by atoms with van der Waals surface area (Å²) in [5.41, 5.74) is 3.48. The maximum absolute atomic E-state index is 12.9. The first-order chi connectivity index (χ1) is 49.6. The van der Waals surface area contributed by atoms with Crippen molar-refractivity contribution >= 4 is 29.0 Å². The first-order valence-corrected chi connectivity index (χ1v) is 41.7. The number of nitrogens with one attached hydrogen (secondary N) is 4. The normalized spacial score (nSPS) is 40.5. The number of carbonyl (C=O) groups is 3. The number of aryl methyl sites for hydroxylation is 1. The highest BCUT2D eigenvalue weighted by Crippen LogP contribution is 2.52. The molecule has 26 atom stereocenters. The Morgan fingerprint density at radius 3 is 1.34 bits per heavy atom. The van der Waals surface area contributed by atoms with Crippen LogP contribution in [0.15, 0.2) is 115 Å². The second-order valence-corrected chi connectivity index (χ2v) is 37.6. The Hall–Kier alpha value is -4.69. The van der Waals surface area contributed by atoms with Crippen LogP contribution < -0.4 is 21.3 Å².